The Morgan fingerprint density at radius 3 is 2.46 bits per heavy atom. The molecule has 2 saturated heterocycles. The highest BCUT2D eigenvalue weighted by Gasteiger charge is 2.54. The van der Waals surface area contributed by atoms with E-state index >= 15 is 0 Å². The molecule has 2 aliphatic heterocycles. The van der Waals surface area contributed by atoms with Crippen LogP contribution in [0.25, 0.3) is 0 Å². The maximum Gasteiger partial charge on any atom is 0.416 e. The Kier molecular flexibility index (Phi) is 3.91. The number of hydrogen-bond acceptors (Lipinski definition) is 3. The number of aliphatic carboxylic acids is 1. The summed E-state index contributed by atoms with van der Waals surface area (Å²) < 4.78 is 65.2. The van der Waals surface area contributed by atoms with Crippen LogP contribution in [-0.2, 0) is 21.0 Å². The predicted octanol–water partition coefficient (Wildman–Crippen LogP) is 2.64. The van der Waals surface area contributed by atoms with Gasteiger partial charge in [-0.25, -0.2) is 8.42 Å². The molecule has 0 aromatic heterocycles. The van der Waals surface area contributed by atoms with Gasteiger partial charge in [-0.15, -0.1) is 0 Å². The number of rotatable bonds is 3. The third-order valence-electron chi connectivity index (χ3n) is 4.85. The number of fused-ring (bicyclic) bond motifs is 2. The molecule has 2 bridgehead atoms. The SMILES string of the molecule is Cc1cc(C(F)(F)F)ccc1S(=O)(=O)N1C2CCC1C(C(=O)O)C2. The fourth-order valence-electron chi connectivity index (χ4n) is 3.81. The molecule has 2 heterocycles. The quantitative estimate of drug-likeness (QED) is 0.896. The topological polar surface area (TPSA) is 74.7 Å². The molecule has 132 valence electrons. The zero-order valence-electron chi connectivity index (χ0n) is 12.7. The largest absolute Gasteiger partial charge is 0.481 e. The van der Waals surface area contributed by atoms with E-state index in [9.17, 15) is 31.5 Å². The van der Waals surface area contributed by atoms with Gasteiger partial charge in [0.1, 0.15) is 0 Å². The normalized spacial score (nSPS) is 27.6. The lowest BCUT2D eigenvalue weighted by atomic mass is 9.89. The van der Waals surface area contributed by atoms with Gasteiger partial charge in [0.15, 0.2) is 0 Å². The first-order valence-corrected chi connectivity index (χ1v) is 8.91. The average Bonchev–Trinajstić information content (AvgIpc) is 3.04. The van der Waals surface area contributed by atoms with E-state index in [1.165, 1.54) is 11.2 Å². The number of carbonyl (C=O) groups is 1. The zero-order valence-corrected chi connectivity index (χ0v) is 13.6. The molecule has 9 heteroatoms. The number of sulfonamides is 1. The van der Waals surface area contributed by atoms with Crippen molar-refractivity contribution in [2.45, 2.75) is 49.3 Å². The Morgan fingerprint density at radius 1 is 1.29 bits per heavy atom. The van der Waals surface area contributed by atoms with Gasteiger partial charge in [0.25, 0.3) is 0 Å². The molecule has 24 heavy (non-hydrogen) atoms. The van der Waals surface area contributed by atoms with Crippen molar-refractivity contribution >= 4 is 16.0 Å². The van der Waals surface area contributed by atoms with Crippen LogP contribution in [0.5, 0.6) is 0 Å². The molecular weight excluding hydrogens is 347 g/mol. The number of carboxylic acids is 1. The molecule has 0 aliphatic carbocycles. The van der Waals surface area contributed by atoms with Crippen molar-refractivity contribution in [1.82, 2.24) is 4.31 Å². The summed E-state index contributed by atoms with van der Waals surface area (Å²) in [5.74, 6) is -1.79. The van der Waals surface area contributed by atoms with E-state index in [1.54, 1.807) is 0 Å². The Hall–Kier alpha value is -1.61. The van der Waals surface area contributed by atoms with E-state index in [0.29, 0.717) is 12.8 Å². The lowest BCUT2D eigenvalue weighted by Gasteiger charge is -2.23. The van der Waals surface area contributed by atoms with Crippen LogP contribution in [-0.4, -0.2) is 35.9 Å². The first kappa shape index (κ1) is 17.2. The molecule has 5 nitrogen and oxygen atoms in total. The van der Waals surface area contributed by atoms with Crippen molar-refractivity contribution in [2.75, 3.05) is 0 Å². The summed E-state index contributed by atoms with van der Waals surface area (Å²) in [5, 5.41) is 9.22. The van der Waals surface area contributed by atoms with Crippen LogP contribution in [0, 0.1) is 12.8 Å². The van der Waals surface area contributed by atoms with E-state index in [0.717, 1.165) is 18.2 Å². The molecule has 1 aromatic rings. The van der Waals surface area contributed by atoms with E-state index in [2.05, 4.69) is 0 Å². The summed E-state index contributed by atoms with van der Waals surface area (Å²) in [6, 6.07) is 1.48. The van der Waals surface area contributed by atoms with E-state index in [1.807, 2.05) is 0 Å². The lowest BCUT2D eigenvalue weighted by molar-refractivity contribution is -0.142. The maximum atomic E-state index is 12.9. The van der Waals surface area contributed by atoms with Crippen LogP contribution in [0.15, 0.2) is 23.1 Å². The number of nitrogens with zero attached hydrogens (tertiary/aromatic N) is 1. The summed E-state index contributed by atoms with van der Waals surface area (Å²) in [5.41, 5.74) is -0.908. The Labute approximate surface area is 137 Å². The molecule has 2 fully saturated rings. The third kappa shape index (κ3) is 2.59. The summed E-state index contributed by atoms with van der Waals surface area (Å²) in [7, 11) is -4.03. The third-order valence-corrected chi connectivity index (χ3v) is 6.99. The molecule has 2 aliphatic rings. The monoisotopic (exact) mass is 363 g/mol. The minimum atomic E-state index is -4.55. The smallest absolute Gasteiger partial charge is 0.416 e. The van der Waals surface area contributed by atoms with Crippen molar-refractivity contribution in [3.05, 3.63) is 29.3 Å². The van der Waals surface area contributed by atoms with Crippen molar-refractivity contribution in [2.24, 2.45) is 5.92 Å². The number of hydrogen-bond donors (Lipinski definition) is 1. The van der Waals surface area contributed by atoms with Gasteiger partial charge in [-0.05, 0) is 49.9 Å². The lowest BCUT2D eigenvalue weighted by Crippen LogP contribution is -2.38. The first-order chi connectivity index (χ1) is 11.0. The van der Waals surface area contributed by atoms with Crippen LogP contribution in [0.3, 0.4) is 0 Å². The number of alkyl halides is 3. The Bertz CT molecular complexity index is 790. The number of halogens is 3. The second-order valence-corrected chi connectivity index (χ2v) is 8.10. The molecule has 0 amide bonds. The Balaban J connectivity index is 1.99. The van der Waals surface area contributed by atoms with E-state index in [-0.39, 0.29) is 16.9 Å². The van der Waals surface area contributed by atoms with Crippen LogP contribution in [0.4, 0.5) is 13.2 Å². The van der Waals surface area contributed by atoms with Crippen LogP contribution in [0.1, 0.15) is 30.4 Å². The Morgan fingerprint density at radius 2 is 1.96 bits per heavy atom. The van der Waals surface area contributed by atoms with Crippen LogP contribution in [0.2, 0.25) is 0 Å². The fraction of sp³-hybridized carbons (Fsp3) is 0.533. The van der Waals surface area contributed by atoms with E-state index < -0.39 is 45.7 Å². The molecule has 0 spiro atoms. The van der Waals surface area contributed by atoms with Gasteiger partial charge < -0.3 is 5.11 Å². The van der Waals surface area contributed by atoms with Crippen molar-refractivity contribution in [1.29, 1.82) is 0 Å². The van der Waals surface area contributed by atoms with Crippen molar-refractivity contribution < 1.29 is 31.5 Å². The van der Waals surface area contributed by atoms with Crippen LogP contribution >= 0.6 is 0 Å². The second-order valence-electron chi connectivity index (χ2n) is 6.29. The van der Waals surface area contributed by atoms with Gasteiger partial charge in [0.2, 0.25) is 10.0 Å². The highest BCUT2D eigenvalue weighted by Crippen LogP contribution is 2.45. The highest BCUT2D eigenvalue weighted by molar-refractivity contribution is 7.89. The van der Waals surface area contributed by atoms with Gasteiger partial charge in [0, 0.05) is 12.1 Å². The summed E-state index contributed by atoms with van der Waals surface area (Å²) in [6.45, 7) is 1.31. The molecule has 1 N–H and O–H groups in total. The summed E-state index contributed by atoms with van der Waals surface area (Å²) in [4.78, 5) is 11.1. The molecule has 0 saturated carbocycles. The van der Waals surface area contributed by atoms with Crippen molar-refractivity contribution in [3.63, 3.8) is 0 Å². The predicted molar refractivity (Wildman–Crippen MR) is 77.8 cm³/mol. The van der Waals surface area contributed by atoms with Gasteiger partial charge in [-0.3, -0.25) is 4.79 Å². The average molecular weight is 363 g/mol. The molecule has 1 aromatic carbocycles. The van der Waals surface area contributed by atoms with Crippen LogP contribution < -0.4 is 0 Å². The molecule has 3 unspecified atom stereocenters. The summed E-state index contributed by atoms with van der Waals surface area (Å²) >= 11 is 0. The summed E-state index contributed by atoms with van der Waals surface area (Å²) in [6.07, 6.45) is -3.26. The van der Waals surface area contributed by atoms with Gasteiger partial charge >= 0.3 is 12.1 Å². The maximum absolute atomic E-state index is 12.9. The number of benzene rings is 1. The molecule has 3 atom stereocenters. The van der Waals surface area contributed by atoms with E-state index in [4.69, 9.17) is 0 Å². The standard InChI is InChI=1S/C15H16F3NO4S/c1-8-6-9(15(16,17)18)2-5-13(8)24(22,23)19-10-3-4-12(19)11(7-10)14(20)21/h2,5-6,10-12H,3-4,7H2,1H3,(H,20,21). The molecule has 3 rings (SSSR count). The second kappa shape index (κ2) is 5.45. The molecular formula is C15H16F3NO4S. The zero-order chi connectivity index (χ0) is 17.9. The van der Waals surface area contributed by atoms with Gasteiger partial charge in [-0.1, -0.05) is 0 Å². The van der Waals surface area contributed by atoms with Gasteiger partial charge in [0.05, 0.1) is 16.4 Å². The minimum absolute atomic E-state index is 0.00278. The number of carboxylic acid groups (broad SMARTS) is 1. The molecule has 0 radical (unpaired) electrons. The number of aryl methyl sites for hydroxylation is 1. The van der Waals surface area contributed by atoms with Gasteiger partial charge in [-0.2, -0.15) is 17.5 Å². The highest BCUT2D eigenvalue weighted by atomic mass is 32.2. The van der Waals surface area contributed by atoms with Crippen molar-refractivity contribution in [3.8, 4) is 0 Å². The first-order valence-electron chi connectivity index (χ1n) is 7.47. The minimum Gasteiger partial charge on any atom is -0.481 e. The fourth-order valence-corrected chi connectivity index (χ4v) is 5.93.